The van der Waals surface area contributed by atoms with Crippen LogP contribution in [0.4, 0.5) is 17.1 Å². The van der Waals surface area contributed by atoms with Crippen LogP contribution in [0.1, 0.15) is 0 Å². The molecule has 0 amide bonds. The van der Waals surface area contributed by atoms with Gasteiger partial charge in [-0.1, -0.05) is 146 Å². The fraction of sp³-hybridized carbons (Fsp3) is 0. The largest absolute Gasteiger partial charge is 0.453 e. The average molecular weight is 755 g/mol. The van der Waals surface area contributed by atoms with Crippen molar-refractivity contribution in [3.63, 3.8) is 0 Å². The molecule has 12 rings (SSSR count). The van der Waals surface area contributed by atoms with Gasteiger partial charge in [0.1, 0.15) is 0 Å². The van der Waals surface area contributed by atoms with Gasteiger partial charge in [0.2, 0.25) is 5.95 Å². The monoisotopic (exact) mass is 754 g/mol. The zero-order valence-electron chi connectivity index (χ0n) is 31.8. The lowest BCUT2D eigenvalue weighted by atomic mass is 10.00. The Bertz CT molecular complexity index is 3430. The highest BCUT2D eigenvalue weighted by molar-refractivity contribution is 6.21. The fourth-order valence-corrected chi connectivity index (χ4v) is 8.84. The van der Waals surface area contributed by atoms with E-state index in [2.05, 4.69) is 198 Å². The lowest BCUT2D eigenvalue weighted by molar-refractivity contribution is 0.477. The molecule has 0 saturated heterocycles. The molecule has 276 valence electrons. The molecule has 11 aromatic rings. The van der Waals surface area contributed by atoms with Gasteiger partial charge in [-0.05, 0) is 93.7 Å². The average Bonchev–Trinajstić information content (AvgIpc) is 3.65. The Balaban J connectivity index is 1.07. The van der Waals surface area contributed by atoms with Gasteiger partial charge in [0.05, 0.1) is 33.6 Å². The first kappa shape index (κ1) is 33.2. The predicted molar refractivity (Wildman–Crippen MR) is 242 cm³/mol. The highest BCUT2D eigenvalue weighted by atomic mass is 16.5. The van der Waals surface area contributed by atoms with Crippen molar-refractivity contribution >= 4 is 60.5 Å². The third-order valence-corrected chi connectivity index (χ3v) is 11.6. The smallest absolute Gasteiger partial charge is 0.235 e. The highest BCUT2D eigenvalue weighted by Crippen LogP contribution is 2.51. The number of para-hydroxylation sites is 4. The number of nitrogens with zero attached hydrogens (tertiary/aromatic N) is 4. The highest BCUT2D eigenvalue weighted by Gasteiger charge is 2.26. The van der Waals surface area contributed by atoms with E-state index in [-0.39, 0.29) is 0 Å². The number of hydrogen-bond donors (Lipinski definition) is 0. The summed E-state index contributed by atoms with van der Waals surface area (Å²) < 4.78 is 8.88. The molecule has 1 aliphatic heterocycles. The quantitative estimate of drug-likeness (QED) is 0.175. The van der Waals surface area contributed by atoms with E-state index in [1.54, 1.807) is 0 Å². The van der Waals surface area contributed by atoms with Gasteiger partial charge in [-0.25, -0.2) is 9.97 Å². The molecule has 0 radical (unpaired) electrons. The van der Waals surface area contributed by atoms with Gasteiger partial charge < -0.3 is 9.64 Å². The van der Waals surface area contributed by atoms with Crippen LogP contribution in [-0.4, -0.2) is 14.5 Å². The van der Waals surface area contributed by atoms with Crippen molar-refractivity contribution in [3.05, 3.63) is 206 Å². The summed E-state index contributed by atoms with van der Waals surface area (Å²) in [4.78, 5) is 13.1. The second kappa shape index (κ2) is 13.3. The first-order chi connectivity index (χ1) is 29.2. The minimum absolute atomic E-state index is 0.625. The van der Waals surface area contributed by atoms with Crippen LogP contribution in [0.3, 0.4) is 0 Å². The first-order valence-corrected chi connectivity index (χ1v) is 19.9. The minimum atomic E-state index is 0.625. The van der Waals surface area contributed by atoms with Crippen LogP contribution >= 0.6 is 0 Å². The number of benzene rings is 9. The van der Waals surface area contributed by atoms with E-state index in [1.807, 2.05) is 18.2 Å². The maximum Gasteiger partial charge on any atom is 0.235 e. The molecule has 0 spiro atoms. The van der Waals surface area contributed by atoms with Crippen LogP contribution in [0.15, 0.2) is 206 Å². The van der Waals surface area contributed by atoms with Crippen molar-refractivity contribution in [3.8, 4) is 51.0 Å². The lowest BCUT2D eigenvalue weighted by Crippen LogP contribution is -2.15. The topological polar surface area (TPSA) is 43.2 Å². The molecule has 0 saturated carbocycles. The summed E-state index contributed by atoms with van der Waals surface area (Å²) in [5.74, 6) is 2.25. The zero-order valence-corrected chi connectivity index (χ0v) is 31.8. The summed E-state index contributed by atoms with van der Waals surface area (Å²) in [6.07, 6.45) is 0. The normalized spacial score (nSPS) is 12.2. The fourth-order valence-electron chi connectivity index (χ4n) is 8.84. The second-order valence-corrected chi connectivity index (χ2v) is 15.0. The molecular weight excluding hydrogens is 721 g/mol. The van der Waals surface area contributed by atoms with Crippen molar-refractivity contribution in [2.24, 2.45) is 0 Å². The van der Waals surface area contributed by atoms with E-state index in [0.29, 0.717) is 5.95 Å². The van der Waals surface area contributed by atoms with Crippen molar-refractivity contribution in [2.75, 3.05) is 4.90 Å². The number of anilines is 3. The summed E-state index contributed by atoms with van der Waals surface area (Å²) in [6.45, 7) is 0. The molecule has 0 aliphatic carbocycles. The van der Waals surface area contributed by atoms with Gasteiger partial charge in [-0.3, -0.25) is 4.57 Å². The number of ether oxygens (including phenoxy) is 1. The van der Waals surface area contributed by atoms with Gasteiger partial charge in [0, 0.05) is 27.4 Å². The van der Waals surface area contributed by atoms with Crippen LogP contribution in [0.5, 0.6) is 11.5 Å². The van der Waals surface area contributed by atoms with Crippen LogP contribution in [-0.2, 0) is 0 Å². The van der Waals surface area contributed by atoms with Gasteiger partial charge in [0.25, 0.3) is 0 Å². The van der Waals surface area contributed by atoms with Gasteiger partial charge >= 0.3 is 0 Å². The molecule has 0 bridgehead atoms. The van der Waals surface area contributed by atoms with Crippen LogP contribution in [0, 0.1) is 0 Å². The zero-order chi connectivity index (χ0) is 38.9. The van der Waals surface area contributed by atoms with Crippen molar-refractivity contribution in [1.82, 2.24) is 14.5 Å². The maximum absolute atomic E-state index is 6.63. The van der Waals surface area contributed by atoms with Gasteiger partial charge in [-0.2, -0.15) is 0 Å². The Morgan fingerprint density at radius 3 is 1.97 bits per heavy atom. The molecule has 0 fully saturated rings. The summed E-state index contributed by atoms with van der Waals surface area (Å²) in [7, 11) is 0. The van der Waals surface area contributed by atoms with Crippen molar-refractivity contribution in [2.45, 2.75) is 0 Å². The molecule has 0 unspecified atom stereocenters. The molecule has 0 N–H and O–H groups in total. The van der Waals surface area contributed by atoms with E-state index < -0.39 is 0 Å². The number of hydrogen-bond acceptors (Lipinski definition) is 4. The van der Waals surface area contributed by atoms with E-state index in [4.69, 9.17) is 14.7 Å². The SMILES string of the molecule is c1ccc(-c2cccc(-c3nc(-n4c5cc(-c6ccc7c(c6)Oc6ccccc6N7c6ccccc6)ccc5c5c6ccccc6ccc54)nc4ccccc34)c2)cc1. The first-order valence-electron chi connectivity index (χ1n) is 19.9. The van der Waals surface area contributed by atoms with Crippen molar-refractivity contribution in [1.29, 1.82) is 0 Å². The number of rotatable bonds is 5. The molecule has 5 heteroatoms. The third-order valence-electron chi connectivity index (χ3n) is 11.6. The molecule has 2 aromatic heterocycles. The second-order valence-electron chi connectivity index (χ2n) is 15.0. The van der Waals surface area contributed by atoms with Crippen molar-refractivity contribution < 1.29 is 4.74 Å². The van der Waals surface area contributed by atoms with Gasteiger partial charge in [-0.15, -0.1) is 0 Å². The van der Waals surface area contributed by atoms with Crippen LogP contribution < -0.4 is 9.64 Å². The van der Waals surface area contributed by atoms with E-state index >= 15 is 0 Å². The number of fused-ring (bicyclic) bond motifs is 8. The minimum Gasteiger partial charge on any atom is -0.453 e. The summed E-state index contributed by atoms with van der Waals surface area (Å²) in [5, 5.41) is 5.71. The maximum atomic E-state index is 6.63. The Kier molecular flexibility index (Phi) is 7.47. The Hall–Kier alpha value is -8.02. The standard InChI is InChI=1S/C54H34N4O/c1-3-14-35(15-4-1)37-17-13-18-40(32-37)53-43-22-9-10-23-45(43)55-54(56-53)58-48-31-27-36-16-7-8-21-42(36)52(48)44-29-26-38(33-49(44)58)39-28-30-47-51(34-39)59-50-25-12-11-24-46(50)57(47)41-19-5-2-6-20-41/h1-34H. The van der Waals surface area contributed by atoms with Crippen LogP contribution in [0.2, 0.25) is 0 Å². The Morgan fingerprint density at radius 2 is 1.07 bits per heavy atom. The molecular formula is C54H34N4O. The molecule has 3 heterocycles. The van der Waals surface area contributed by atoms with Crippen LogP contribution in [0.25, 0.3) is 82.9 Å². The lowest BCUT2D eigenvalue weighted by Gasteiger charge is -2.33. The summed E-state index contributed by atoms with van der Waals surface area (Å²) >= 11 is 0. The Morgan fingerprint density at radius 1 is 0.390 bits per heavy atom. The summed E-state index contributed by atoms with van der Waals surface area (Å²) in [6, 6.07) is 72.5. The molecule has 5 nitrogen and oxygen atoms in total. The molecule has 9 aromatic carbocycles. The molecule has 0 atom stereocenters. The predicted octanol–water partition coefficient (Wildman–Crippen LogP) is 14.5. The summed E-state index contributed by atoms with van der Waals surface area (Å²) in [5.41, 5.74) is 12.4. The Labute approximate surface area is 340 Å². The molecule has 1 aliphatic rings. The third kappa shape index (κ3) is 5.40. The van der Waals surface area contributed by atoms with Gasteiger partial charge in [0.15, 0.2) is 11.5 Å². The van der Waals surface area contributed by atoms with E-state index in [0.717, 1.165) is 83.8 Å². The molecule has 59 heavy (non-hydrogen) atoms. The van der Waals surface area contributed by atoms with E-state index in [1.165, 1.54) is 21.7 Å². The van der Waals surface area contributed by atoms with E-state index in [9.17, 15) is 0 Å². The number of aromatic nitrogens is 3.